The molecule has 0 aromatic heterocycles. The number of benzene rings is 2. The fraction of sp³-hybridized carbons (Fsp3) is 0.0714. The zero-order valence-corrected chi connectivity index (χ0v) is 13.5. The van der Waals surface area contributed by atoms with E-state index in [-0.39, 0.29) is 6.42 Å². The largest absolute Gasteiger partial charge is 0.481 e. The summed E-state index contributed by atoms with van der Waals surface area (Å²) in [4.78, 5) is 12.8. The summed E-state index contributed by atoms with van der Waals surface area (Å²) in [5, 5.41) is 9.44. The number of hydrogen-bond donors (Lipinski definition) is 1. The molecule has 2 rings (SSSR count). The highest BCUT2D eigenvalue weighted by Crippen LogP contribution is 2.32. The Hall–Kier alpha value is -0.720. The van der Waals surface area contributed by atoms with Gasteiger partial charge in [-0.3, -0.25) is 4.79 Å². The summed E-state index contributed by atoms with van der Waals surface area (Å²) in [7, 11) is 0. The number of rotatable bonds is 4. The van der Waals surface area contributed by atoms with Gasteiger partial charge in [0.25, 0.3) is 0 Å². The average molecular weight is 405 g/mol. The van der Waals surface area contributed by atoms with Crippen LogP contribution in [0.4, 0.5) is 0 Å². The molecule has 0 aliphatic carbocycles. The van der Waals surface area contributed by atoms with Crippen LogP contribution in [0.3, 0.4) is 0 Å². The van der Waals surface area contributed by atoms with Crippen molar-refractivity contribution in [1.29, 1.82) is 0 Å². The van der Waals surface area contributed by atoms with E-state index in [4.69, 9.17) is 16.7 Å². The molecule has 0 unspecified atom stereocenters. The van der Waals surface area contributed by atoms with Gasteiger partial charge < -0.3 is 5.11 Å². The van der Waals surface area contributed by atoms with Crippen molar-refractivity contribution >= 4 is 51.9 Å². The minimum absolute atomic E-state index is 0.0590. The molecule has 2 nitrogen and oxygen atoms in total. The third kappa shape index (κ3) is 4.40. The van der Waals surface area contributed by atoms with Crippen molar-refractivity contribution in [2.45, 2.75) is 16.2 Å². The minimum atomic E-state index is -0.812. The third-order valence-electron chi connectivity index (χ3n) is 2.40. The number of aliphatic carboxylic acids is 1. The fourth-order valence-electron chi connectivity index (χ4n) is 1.53. The number of carboxylic acid groups (broad SMARTS) is 1. The van der Waals surface area contributed by atoms with Gasteiger partial charge in [0, 0.05) is 18.4 Å². The van der Waals surface area contributed by atoms with Crippen LogP contribution in [-0.2, 0) is 11.2 Å². The summed E-state index contributed by atoms with van der Waals surface area (Å²) in [5.41, 5.74) is 0.808. The van der Waals surface area contributed by atoms with Gasteiger partial charge in [0.2, 0.25) is 0 Å². The van der Waals surface area contributed by atoms with Gasteiger partial charge >= 0.3 is 5.97 Å². The third-order valence-corrected chi connectivity index (χ3v) is 4.98. The van der Waals surface area contributed by atoms with E-state index >= 15 is 0 Å². The number of hydrogen-bond acceptors (Lipinski definition) is 2. The Morgan fingerprint density at radius 2 is 1.89 bits per heavy atom. The standard InChI is InChI=1S/C14H10ClIO2S/c15-10-3-6-13(12(16)8-10)19-11-4-1-9(2-5-11)7-14(17)18/h1-6,8H,7H2,(H,17,18). The minimum Gasteiger partial charge on any atom is -0.481 e. The molecule has 1 N–H and O–H groups in total. The number of carboxylic acids is 1. The van der Waals surface area contributed by atoms with Crippen LogP contribution in [0.2, 0.25) is 5.02 Å². The summed E-state index contributed by atoms with van der Waals surface area (Å²) < 4.78 is 1.10. The number of carbonyl (C=O) groups is 1. The molecule has 98 valence electrons. The van der Waals surface area contributed by atoms with Gasteiger partial charge in [0.1, 0.15) is 0 Å². The Bertz CT molecular complexity index is 599. The molecule has 2 aromatic carbocycles. The fourth-order valence-corrected chi connectivity index (χ4v) is 3.56. The molecule has 0 saturated carbocycles. The highest BCUT2D eigenvalue weighted by atomic mass is 127. The molecule has 0 amide bonds. The van der Waals surface area contributed by atoms with E-state index in [9.17, 15) is 4.79 Å². The predicted octanol–water partition coefficient (Wildman–Crippen LogP) is 4.72. The molecule has 0 aliphatic rings. The lowest BCUT2D eigenvalue weighted by molar-refractivity contribution is -0.136. The quantitative estimate of drug-likeness (QED) is 0.749. The summed E-state index contributed by atoms with van der Waals surface area (Å²) >= 11 is 9.81. The summed E-state index contributed by atoms with van der Waals surface area (Å²) in [6.45, 7) is 0. The first-order valence-electron chi connectivity index (χ1n) is 5.48. The van der Waals surface area contributed by atoms with Crippen molar-refractivity contribution in [3.8, 4) is 0 Å². The zero-order chi connectivity index (χ0) is 13.8. The lowest BCUT2D eigenvalue weighted by Crippen LogP contribution is -1.99. The molecule has 0 bridgehead atoms. The Morgan fingerprint density at radius 3 is 2.47 bits per heavy atom. The lowest BCUT2D eigenvalue weighted by atomic mass is 10.2. The van der Waals surface area contributed by atoms with E-state index in [1.54, 1.807) is 11.8 Å². The first kappa shape index (κ1) is 14.7. The van der Waals surface area contributed by atoms with Gasteiger partial charge in [-0.2, -0.15) is 0 Å². The van der Waals surface area contributed by atoms with Crippen molar-refractivity contribution in [2.24, 2.45) is 0 Å². The van der Waals surface area contributed by atoms with Crippen LogP contribution >= 0.6 is 46.0 Å². The predicted molar refractivity (Wildman–Crippen MR) is 86.1 cm³/mol. The molecular weight excluding hydrogens is 395 g/mol. The molecule has 0 heterocycles. The van der Waals surface area contributed by atoms with Crippen LogP contribution in [0, 0.1) is 3.57 Å². The van der Waals surface area contributed by atoms with Gasteiger partial charge in [-0.25, -0.2) is 0 Å². The molecule has 19 heavy (non-hydrogen) atoms. The molecule has 0 radical (unpaired) electrons. The van der Waals surface area contributed by atoms with Crippen molar-refractivity contribution in [3.63, 3.8) is 0 Å². The molecule has 0 spiro atoms. The molecule has 2 aromatic rings. The summed E-state index contributed by atoms with van der Waals surface area (Å²) in [6.07, 6.45) is 0.0590. The van der Waals surface area contributed by atoms with Crippen LogP contribution in [0.25, 0.3) is 0 Å². The molecule has 0 saturated heterocycles. The van der Waals surface area contributed by atoms with Crippen molar-refractivity contribution in [3.05, 3.63) is 56.6 Å². The smallest absolute Gasteiger partial charge is 0.307 e. The Labute approximate surface area is 134 Å². The Balaban J connectivity index is 2.13. The van der Waals surface area contributed by atoms with Gasteiger partial charge in [-0.1, -0.05) is 35.5 Å². The van der Waals surface area contributed by atoms with E-state index in [0.29, 0.717) is 0 Å². The lowest BCUT2D eigenvalue weighted by Gasteiger charge is -2.05. The molecule has 0 atom stereocenters. The van der Waals surface area contributed by atoms with E-state index < -0.39 is 5.97 Å². The Morgan fingerprint density at radius 1 is 1.21 bits per heavy atom. The first-order chi connectivity index (χ1) is 9.04. The summed E-state index contributed by atoms with van der Waals surface area (Å²) in [6, 6.07) is 13.3. The van der Waals surface area contributed by atoms with Crippen LogP contribution in [0.15, 0.2) is 52.3 Å². The zero-order valence-electron chi connectivity index (χ0n) is 9.77. The molecule has 5 heteroatoms. The second-order valence-corrected chi connectivity index (χ2v) is 6.61. The molecular formula is C14H10ClIO2S. The highest BCUT2D eigenvalue weighted by Gasteiger charge is 2.04. The van der Waals surface area contributed by atoms with Gasteiger partial charge in [-0.15, -0.1) is 0 Å². The second-order valence-electron chi connectivity index (χ2n) is 3.89. The number of halogens is 2. The maximum Gasteiger partial charge on any atom is 0.307 e. The van der Waals surface area contributed by atoms with E-state index in [1.807, 2.05) is 42.5 Å². The van der Waals surface area contributed by atoms with E-state index in [0.717, 1.165) is 23.9 Å². The van der Waals surface area contributed by atoms with Crippen LogP contribution in [-0.4, -0.2) is 11.1 Å². The van der Waals surface area contributed by atoms with Crippen LogP contribution < -0.4 is 0 Å². The van der Waals surface area contributed by atoms with Gasteiger partial charge in [0.15, 0.2) is 0 Å². The summed E-state index contributed by atoms with van der Waals surface area (Å²) in [5.74, 6) is -0.812. The van der Waals surface area contributed by atoms with Gasteiger partial charge in [-0.05, 0) is 58.5 Å². The first-order valence-corrected chi connectivity index (χ1v) is 7.75. The normalized spacial score (nSPS) is 10.4. The van der Waals surface area contributed by atoms with Crippen molar-refractivity contribution in [1.82, 2.24) is 0 Å². The maximum atomic E-state index is 10.6. The maximum absolute atomic E-state index is 10.6. The Kier molecular flexibility index (Phi) is 5.13. The SMILES string of the molecule is O=C(O)Cc1ccc(Sc2ccc(Cl)cc2I)cc1. The monoisotopic (exact) mass is 404 g/mol. The second kappa shape index (κ2) is 6.63. The van der Waals surface area contributed by atoms with E-state index in [1.165, 1.54) is 0 Å². The topological polar surface area (TPSA) is 37.3 Å². The van der Waals surface area contributed by atoms with Crippen molar-refractivity contribution in [2.75, 3.05) is 0 Å². The highest BCUT2D eigenvalue weighted by molar-refractivity contribution is 14.1. The average Bonchev–Trinajstić information content (AvgIpc) is 2.34. The van der Waals surface area contributed by atoms with Gasteiger partial charge in [0.05, 0.1) is 6.42 Å². The van der Waals surface area contributed by atoms with Crippen LogP contribution in [0.5, 0.6) is 0 Å². The van der Waals surface area contributed by atoms with E-state index in [2.05, 4.69) is 22.6 Å². The van der Waals surface area contributed by atoms with Crippen molar-refractivity contribution < 1.29 is 9.90 Å². The van der Waals surface area contributed by atoms with Crippen LogP contribution in [0.1, 0.15) is 5.56 Å². The molecule has 0 aliphatic heterocycles. The molecule has 0 fully saturated rings.